The fourth-order valence-electron chi connectivity index (χ4n) is 3.38. The molecule has 1 amide bonds. The van der Waals surface area contributed by atoms with Crippen molar-refractivity contribution >= 4 is 11.6 Å². The third-order valence-corrected chi connectivity index (χ3v) is 4.82. The minimum Gasteiger partial charge on any atom is -0.362 e. The van der Waals surface area contributed by atoms with E-state index in [1.807, 2.05) is 0 Å². The molecule has 0 radical (unpaired) electrons. The Balaban J connectivity index is 1.94. The molecule has 8 heteroatoms. The van der Waals surface area contributed by atoms with E-state index in [4.69, 9.17) is 0 Å². The lowest BCUT2D eigenvalue weighted by Gasteiger charge is -2.32. The number of alkyl halides is 3. The Morgan fingerprint density at radius 1 is 1.16 bits per heavy atom. The summed E-state index contributed by atoms with van der Waals surface area (Å²) in [5.41, 5.74) is -3.33. The van der Waals surface area contributed by atoms with Crippen LogP contribution in [0.25, 0.3) is 0 Å². The second kappa shape index (κ2) is 6.40. The molecular weight excluding hydrogens is 340 g/mol. The van der Waals surface area contributed by atoms with Crippen LogP contribution in [0, 0.1) is 11.7 Å². The molecule has 1 aromatic rings. The Kier molecular flexibility index (Phi) is 4.57. The van der Waals surface area contributed by atoms with Gasteiger partial charge in [0, 0.05) is 17.7 Å². The van der Waals surface area contributed by atoms with Crippen LogP contribution in [-0.4, -0.2) is 33.6 Å². The van der Waals surface area contributed by atoms with E-state index in [1.165, 1.54) is 0 Å². The fourth-order valence-corrected chi connectivity index (χ4v) is 3.38. The maximum absolute atomic E-state index is 13.5. The maximum atomic E-state index is 13.5. The molecule has 1 fully saturated rings. The van der Waals surface area contributed by atoms with Crippen LogP contribution in [0.4, 0.5) is 17.6 Å². The van der Waals surface area contributed by atoms with Crippen LogP contribution in [0.1, 0.15) is 48.9 Å². The van der Waals surface area contributed by atoms with Crippen LogP contribution in [0.3, 0.4) is 0 Å². The molecule has 1 aliphatic heterocycles. The predicted molar refractivity (Wildman–Crippen MR) is 82.2 cm³/mol. The first-order chi connectivity index (χ1) is 11.7. The van der Waals surface area contributed by atoms with Crippen molar-refractivity contribution in [1.82, 2.24) is 5.01 Å². The Bertz CT molecular complexity index is 681. The molecule has 2 aliphatic rings. The molecule has 1 atom stereocenters. The minimum atomic E-state index is -5.05. The molecule has 1 N–H and O–H groups in total. The monoisotopic (exact) mass is 358 g/mol. The number of rotatable bonds is 2. The van der Waals surface area contributed by atoms with Gasteiger partial charge < -0.3 is 5.11 Å². The van der Waals surface area contributed by atoms with Gasteiger partial charge in [-0.25, -0.2) is 4.39 Å². The van der Waals surface area contributed by atoms with Crippen molar-refractivity contribution in [2.75, 3.05) is 0 Å². The molecule has 4 nitrogen and oxygen atoms in total. The molecule has 0 bridgehead atoms. The molecule has 1 unspecified atom stereocenters. The standard InChI is InChI=1S/C17H18F4N2O2/c18-13-8-6-12(7-9-13)15(24)23-16(25,17(19,20)21)10-14(22-23)11-4-2-1-3-5-11/h6-9,11,25H,1-5,10H2. The number of halogens is 4. The molecule has 3 rings (SSSR count). The van der Waals surface area contributed by atoms with Crippen molar-refractivity contribution in [1.29, 1.82) is 0 Å². The van der Waals surface area contributed by atoms with Crippen molar-refractivity contribution in [3.05, 3.63) is 35.6 Å². The van der Waals surface area contributed by atoms with Crippen molar-refractivity contribution in [3.8, 4) is 0 Å². The van der Waals surface area contributed by atoms with Gasteiger partial charge >= 0.3 is 6.18 Å². The van der Waals surface area contributed by atoms with Crippen LogP contribution >= 0.6 is 0 Å². The zero-order valence-corrected chi connectivity index (χ0v) is 13.4. The molecule has 0 saturated heterocycles. The van der Waals surface area contributed by atoms with E-state index in [1.54, 1.807) is 0 Å². The lowest BCUT2D eigenvalue weighted by atomic mass is 9.83. The van der Waals surface area contributed by atoms with Gasteiger partial charge in [0.2, 0.25) is 0 Å². The molecule has 1 aliphatic carbocycles. The molecule has 25 heavy (non-hydrogen) atoms. The average molecular weight is 358 g/mol. The Labute approximate surface area is 142 Å². The number of carbonyl (C=O) groups excluding carboxylic acids is 1. The summed E-state index contributed by atoms with van der Waals surface area (Å²) in [7, 11) is 0. The van der Waals surface area contributed by atoms with Gasteiger partial charge in [-0.1, -0.05) is 19.3 Å². The van der Waals surface area contributed by atoms with Gasteiger partial charge in [0.15, 0.2) is 0 Å². The van der Waals surface area contributed by atoms with Gasteiger partial charge in [0.25, 0.3) is 11.6 Å². The molecule has 0 spiro atoms. The maximum Gasteiger partial charge on any atom is 0.438 e. The van der Waals surface area contributed by atoms with E-state index in [0.717, 1.165) is 43.5 Å². The van der Waals surface area contributed by atoms with Crippen molar-refractivity contribution < 1.29 is 27.5 Å². The normalized spacial score (nSPS) is 25.2. The topological polar surface area (TPSA) is 52.9 Å². The van der Waals surface area contributed by atoms with Crippen LogP contribution in [0.2, 0.25) is 0 Å². The van der Waals surface area contributed by atoms with Crippen LogP contribution in [0.5, 0.6) is 0 Å². The molecule has 1 heterocycles. The van der Waals surface area contributed by atoms with Gasteiger partial charge in [-0.05, 0) is 43.0 Å². The van der Waals surface area contributed by atoms with E-state index >= 15 is 0 Å². The minimum absolute atomic E-state index is 0.115. The second-order valence-corrected chi connectivity index (χ2v) is 6.54. The second-order valence-electron chi connectivity index (χ2n) is 6.54. The number of amides is 1. The first-order valence-corrected chi connectivity index (χ1v) is 8.19. The fraction of sp³-hybridized carbons (Fsp3) is 0.529. The summed E-state index contributed by atoms with van der Waals surface area (Å²) in [5.74, 6) is -1.88. The summed E-state index contributed by atoms with van der Waals surface area (Å²) in [6.07, 6.45) is -1.60. The quantitative estimate of drug-likeness (QED) is 0.817. The van der Waals surface area contributed by atoms with Crippen LogP contribution < -0.4 is 0 Å². The molecular formula is C17H18F4N2O2. The van der Waals surface area contributed by atoms with E-state index in [2.05, 4.69) is 5.10 Å². The number of aliphatic hydroxyl groups is 1. The third-order valence-electron chi connectivity index (χ3n) is 4.82. The Hall–Kier alpha value is -1.96. The molecule has 1 saturated carbocycles. The van der Waals surface area contributed by atoms with E-state index < -0.39 is 30.0 Å². The van der Waals surface area contributed by atoms with E-state index in [-0.39, 0.29) is 22.2 Å². The first-order valence-electron chi connectivity index (χ1n) is 8.19. The van der Waals surface area contributed by atoms with Gasteiger partial charge in [0.05, 0.1) is 0 Å². The van der Waals surface area contributed by atoms with Gasteiger partial charge in [-0.3, -0.25) is 4.79 Å². The highest BCUT2D eigenvalue weighted by Gasteiger charge is 2.63. The predicted octanol–water partition coefficient (Wildman–Crippen LogP) is 3.86. The summed E-state index contributed by atoms with van der Waals surface area (Å²) in [5, 5.41) is 14.2. The molecule has 0 aromatic heterocycles. The zero-order valence-electron chi connectivity index (χ0n) is 13.4. The number of nitrogens with zero attached hydrogens (tertiary/aromatic N) is 2. The van der Waals surface area contributed by atoms with Crippen LogP contribution in [-0.2, 0) is 0 Å². The molecule has 136 valence electrons. The summed E-state index contributed by atoms with van der Waals surface area (Å²) in [4.78, 5) is 12.5. The Morgan fingerprint density at radius 3 is 2.32 bits per heavy atom. The van der Waals surface area contributed by atoms with Crippen molar-refractivity contribution in [2.24, 2.45) is 11.0 Å². The van der Waals surface area contributed by atoms with Gasteiger partial charge in [-0.2, -0.15) is 23.3 Å². The van der Waals surface area contributed by atoms with Crippen LogP contribution in [0.15, 0.2) is 29.4 Å². The largest absolute Gasteiger partial charge is 0.438 e. The summed E-state index contributed by atoms with van der Waals surface area (Å²) in [6.45, 7) is 0. The number of hydrogen-bond donors (Lipinski definition) is 1. The average Bonchev–Trinajstić information content (AvgIpc) is 2.95. The number of carbonyl (C=O) groups is 1. The lowest BCUT2D eigenvalue weighted by molar-refractivity contribution is -0.297. The SMILES string of the molecule is O=C(c1ccc(F)cc1)N1N=C(C2CCCCC2)CC1(O)C(F)(F)F. The summed E-state index contributed by atoms with van der Waals surface area (Å²) >= 11 is 0. The Morgan fingerprint density at radius 2 is 1.76 bits per heavy atom. The summed E-state index contributed by atoms with van der Waals surface area (Å²) in [6, 6.07) is 4.09. The third kappa shape index (κ3) is 3.27. The highest BCUT2D eigenvalue weighted by atomic mass is 19.4. The van der Waals surface area contributed by atoms with E-state index in [9.17, 15) is 27.5 Å². The first kappa shape index (κ1) is 17.8. The van der Waals surface area contributed by atoms with Gasteiger partial charge in [0.1, 0.15) is 5.82 Å². The highest BCUT2D eigenvalue weighted by Crippen LogP contribution is 2.43. The van der Waals surface area contributed by atoms with E-state index in [0.29, 0.717) is 12.8 Å². The number of hydrogen-bond acceptors (Lipinski definition) is 3. The van der Waals surface area contributed by atoms with Crippen molar-refractivity contribution in [2.45, 2.75) is 50.4 Å². The van der Waals surface area contributed by atoms with Gasteiger partial charge in [-0.15, -0.1) is 0 Å². The highest BCUT2D eigenvalue weighted by molar-refractivity contribution is 5.98. The number of benzene rings is 1. The lowest BCUT2D eigenvalue weighted by Crippen LogP contribution is -2.56. The number of hydrazone groups is 1. The smallest absolute Gasteiger partial charge is 0.362 e. The zero-order chi connectivity index (χ0) is 18.2. The summed E-state index contributed by atoms with van der Waals surface area (Å²) < 4.78 is 53.5. The molecule has 1 aromatic carbocycles. The van der Waals surface area contributed by atoms with Crippen molar-refractivity contribution in [3.63, 3.8) is 0 Å².